The quantitative estimate of drug-likeness (QED) is 0.318. The number of aromatic nitrogens is 1. The molecule has 0 N–H and O–H groups in total. The lowest BCUT2D eigenvalue weighted by Crippen LogP contribution is -1.85. The van der Waals surface area contributed by atoms with Gasteiger partial charge in [0.25, 0.3) is 0 Å². The predicted octanol–water partition coefficient (Wildman–Crippen LogP) is 4.85. The zero-order valence-corrected chi connectivity index (χ0v) is 10.7. The molecule has 0 saturated carbocycles. The average Bonchev–Trinajstić information content (AvgIpc) is 2.44. The van der Waals surface area contributed by atoms with Crippen LogP contribution in [0.15, 0.2) is 60.7 Å². The van der Waals surface area contributed by atoms with Gasteiger partial charge in [-0.1, -0.05) is 54.1 Å². The lowest BCUT2D eigenvalue weighted by Gasteiger charge is -2.06. The average molecular weight is 243 g/mol. The minimum Gasteiger partial charge on any atom is -0.247 e. The lowest BCUT2D eigenvalue weighted by atomic mass is 10.0. The Bertz CT molecular complexity index is 922. The Balaban J connectivity index is 2.22. The van der Waals surface area contributed by atoms with Crippen LogP contribution in [0.4, 0.5) is 0 Å². The summed E-state index contributed by atoms with van der Waals surface area (Å²) >= 11 is 0. The molecule has 0 aliphatic heterocycles. The van der Waals surface area contributed by atoms with Crippen LogP contribution < -0.4 is 0 Å². The maximum Gasteiger partial charge on any atom is 0.0788 e. The van der Waals surface area contributed by atoms with Crippen molar-refractivity contribution < 1.29 is 0 Å². The topological polar surface area (TPSA) is 12.9 Å². The Morgan fingerprint density at radius 3 is 2.53 bits per heavy atom. The van der Waals surface area contributed by atoms with E-state index in [2.05, 4.69) is 61.5 Å². The molecular formula is C18H13N. The van der Waals surface area contributed by atoms with Crippen LogP contribution in [0, 0.1) is 6.92 Å². The van der Waals surface area contributed by atoms with Crippen LogP contribution in [0.2, 0.25) is 0 Å². The zero-order chi connectivity index (χ0) is 12.8. The van der Waals surface area contributed by atoms with Crippen LogP contribution in [-0.4, -0.2) is 4.98 Å². The van der Waals surface area contributed by atoms with E-state index in [1.165, 1.54) is 27.1 Å². The van der Waals surface area contributed by atoms with Gasteiger partial charge in [-0.3, -0.25) is 0 Å². The summed E-state index contributed by atoms with van der Waals surface area (Å²) < 4.78 is 0. The molecule has 4 rings (SSSR count). The van der Waals surface area contributed by atoms with Crippen LogP contribution >= 0.6 is 0 Å². The number of aryl methyl sites for hydroxylation is 1. The Kier molecular flexibility index (Phi) is 2.10. The first kappa shape index (κ1) is 10.5. The van der Waals surface area contributed by atoms with E-state index in [0.717, 1.165) is 11.0 Å². The van der Waals surface area contributed by atoms with E-state index in [1.54, 1.807) is 0 Å². The van der Waals surface area contributed by atoms with Gasteiger partial charge in [0.2, 0.25) is 0 Å². The van der Waals surface area contributed by atoms with Crippen molar-refractivity contribution in [2.45, 2.75) is 6.92 Å². The molecule has 1 nitrogen and oxygen atoms in total. The van der Waals surface area contributed by atoms with Gasteiger partial charge in [0.1, 0.15) is 0 Å². The first-order chi connectivity index (χ1) is 9.31. The van der Waals surface area contributed by atoms with Crippen molar-refractivity contribution in [1.82, 2.24) is 4.98 Å². The highest BCUT2D eigenvalue weighted by Crippen LogP contribution is 2.27. The highest BCUT2D eigenvalue weighted by Gasteiger charge is 2.04. The molecule has 0 aliphatic carbocycles. The number of rotatable bonds is 0. The van der Waals surface area contributed by atoms with E-state index >= 15 is 0 Å². The third-order valence-corrected chi connectivity index (χ3v) is 3.66. The first-order valence-electron chi connectivity index (χ1n) is 6.50. The Labute approximate surface area is 111 Å². The molecule has 0 atom stereocenters. The number of pyridine rings is 1. The van der Waals surface area contributed by atoms with E-state index < -0.39 is 0 Å². The maximum absolute atomic E-state index is 4.84. The second-order valence-corrected chi connectivity index (χ2v) is 5.04. The smallest absolute Gasteiger partial charge is 0.0788 e. The van der Waals surface area contributed by atoms with E-state index in [4.69, 9.17) is 4.98 Å². The highest BCUT2D eigenvalue weighted by molar-refractivity contribution is 6.08. The summed E-state index contributed by atoms with van der Waals surface area (Å²) in [6.07, 6.45) is 0. The maximum atomic E-state index is 4.84. The first-order valence-corrected chi connectivity index (χ1v) is 6.50. The summed E-state index contributed by atoms with van der Waals surface area (Å²) in [6, 6.07) is 21.4. The molecule has 0 radical (unpaired) electrons. The molecule has 19 heavy (non-hydrogen) atoms. The fourth-order valence-corrected chi connectivity index (χ4v) is 2.69. The summed E-state index contributed by atoms with van der Waals surface area (Å²) in [4.78, 5) is 4.84. The van der Waals surface area contributed by atoms with Crippen LogP contribution in [0.25, 0.3) is 32.6 Å². The van der Waals surface area contributed by atoms with Crippen molar-refractivity contribution in [3.63, 3.8) is 0 Å². The number of hydrogen-bond donors (Lipinski definition) is 0. The minimum absolute atomic E-state index is 1.06. The molecule has 0 spiro atoms. The van der Waals surface area contributed by atoms with Gasteiger partial charge in [0.15, 0.2) is 0 Å². The summed E-state index contributed by atoms with van der Waals surface area (Å²) in [7, 11) is 0. The van der Waals surface area contributed by atoms with Gasteiger partial charge in [-0.05, 0) is 24.4 Å². The van der Waals surface area contributed by atoms with Crippen molar-refractivity contribution in [1.29, 1.82) is 0 Å². The van der Waals surface area contributed by atoms with Gasteiger partial charge in [0.05, 0.1) is 11.0 Å². The molecule has 1 heteroatoms. The second kappa shape index (κ2) is 3.79. The third kappa shape index (κ3) is 1.59. The van der Waals surface area contributed by atoms with Gasteiger partial charge in [-0.2, -0.15) is 0 Å². The van der Waals surface area contributed by atoms with Crippen molar-refractivity contribution in [3.05, 3.63) is 66.2 Å². The van der Waals surface area contributed by atoms with Crippen LogP contribution in [0.5, 0.6) is 0 Å². The summed E-state index contributed by atoms with van der Waals surface area (Å²) in [6.45, 7) is 2.12. The fourth-order valence-electron chi connectivity index (χ4n) is 2.69. The Morgan fingerprint density at radius 1 is 0.737 bits per heavy atom. The lowest BCUT2D eigenvalue weighted by molar-refractivity contribution is 1.49. The highest BCUT2D eigenvalue weighted by atomic mass is 14.7. The molecule has 0 saturated heterocycles. The number of hydrogen-bond acceptors (Lipinski definition) is 1. The summed E-state index contributed by atoms with van der Waals surface area (Å²) in [5.74, 6) is 0. The Hall–Kier alpha value is -2.41. The van der Waals surface area contributed by atoms with E-state index in [1.807, 2.05) is 6.07 Å². The van der Waals surface area contributed by atoms with Crippen molar-refractivity contribution >= 4 is 32.6 Å². The standard InChI is InChI=1S/C18H13N/c1-12-6-9-16-13(10-12)7-8-15-11-14-4-2-3-5-17(14)19-18(15)16/h2-11H,1H3. The molecule has 0 aliphatic rings. The molecule has 90 valence electrons. The number of benzene rings is 3. The predicted molar refractivity (Wildman–Crippen MR) is 81.5 cm³/mol. The normalized spacial score (nSPS) is 11.4. The fraction of sp³-hybridized carbons (Fsp3) is 0.0556. The van der Waals surface area contributed by atoms with E-state index in [-0.39, 0.29) is 0 Å². The van der Waals surface area contributed by atoms with Crippen LogP contribution in [0.3, 0.4) is 0 Å². The monoisotopic (exact) mass is 243 g/mol. The van der Waals surface area contributed by atoms with Gasteiger partial charge >= 0.3 is 0 Å². The van der Waals surface area contributed by atoms with Crippen molar-refractivity contribution in [2.75, 3.05) is 0 Å². The molecule has 4 aromatic rings. The molecule has 0 fully saturated rings. The molecule has 0 bridgehead atoms. The van der Waals surface area contributed by atoms with E-state index in [0.29, 0.717) is 0 Å². The second-order valence-electron chi connectivity index (χ2n) is 5.04. The molecule has 3 aromatic carbocycles. The molecule has 0 amide bonds. The van der Waals surface area contributed by atoms with Crippen LogP contribution in [-0.2, 0) is 0 Å². The SMILES string of the molecule is Cc1ccc2c(ccc3cc4ccccc4nc32)c1. The zero-order valence-electron chi connectivity index (χ0n) is 10.7. The molecule has 0 unspecified atom stereocenters. The molecular weight excluding hydrogens is 230 g/mol. The summed E-state index contributed by atoms with van der Waals surface area (Å²) in [5.41, 5.74) is 3.44. The van der Waals surface area contributed by atoms with Crippen molar-refractivity contribution in [3.8, 4) is 0 Å². The third-order valence-electron chi connectivity index (χ3n) is 3.66. The summed E-state index contributed by atoms with van der Waals surface area (Å²) in [5, 5.41) is 4.89. The number of para-hydroxylation sites is 1. The van der Waals surface area contributed by atoms with Gasteiger partial charge in [-0.25, -0.2) is 4.98 Å². The van der Waals surface area contributed by atoms with Crippen molar-refractivity contribution in [2.24, 2.45) is 0 Å². The molecule has 1 heterocycles. The van der Waals surface area contributed by atoms with Gasteiger partial charge in [-0.15, -0.1) is 0 Å². The number of fused-ring (bicyclic) bond motifs is 4. The largest absolute Gasteiger partial charge is 0.247 e. The van der Waals surface area contributed by atoms with E-state index in [9.17, 15) is 0 Å². The van der Waals surface area contributed by atoms with Gasteiger partial charge in [0, 0.05) is 16.2 Å². The Morgan fingerprint density at radius 2 is 1.58 bits per heavy atom. The van der Waals surface area contributed by atoms with Crippen LogP contribution in [0.1, 0.15) is 5.56 Å². The number of nitrogens with zero attached hydrogens (tertiary/aromatic N) is 1. The molecule has 1 aromatic heterocycles. The van der Waals surface area contributed by atoms with Gasteiger partial charge < -0.3 is 0 Å². The minimum atomic E-state index is 1.06.